The second-order valence-electron chi connectivity index (χ2n) is 9.24. The first-order valence-corrected chi connectivity index (χ1v) is 13.2. The largest absolute Gasteiger partial charge is 0.543 e. The molecule has 148 valence electrons. The number of ether oxygens (including phenoxy) is 1. The highest BCUT2D eigenvalue weighted by atomic mass is 28.4. The molecule has 1 heterocycles. The van der Waals surface area contributed by atoms with Crippen LogP contribution in [0, 0.1) is 0 Å². The first kappa shape index (κ1) is 21.1. The number of benzene rings is 1. The Hall–Kier alpha value is -1.16. The lowest BCUT2D eigenvalue weighted by Crippen LogP contribution is -2.44. The van der Waals surface area contributed by atoms with Gasteiger partial charge in [0.2, 0.25) is 8.32 Å². The van der Waals surface area contributed by atoms with E-state index in [2.05, 4.69) is 53.8 Å². The van der Waals surface area contributed by atoms with E-state index in [0.717, 1.165) is 42.6 Å². The normalized spacial score (nSPS) is 17.1. The maximum absolute atomic E-state index is 10.9. The van der Waals surface area contributed by atoms with Crippen LogP contribution >= 0.6 is 0 Å². The van der Waals surface area contributed by atoms with Gasteiger partial charge in [-0.2, -0.15) is 0 Å². The molecule has 4 heteroatoms. The number of rotatable bonds is 8. The number of unbranched alkanes of at least 4 members (excludes halogenated alkanes) is 2. The van der Waals surface area contributed by atoms with Gasteiger partial charge in [0.15, 0.2) is 11.5 Å². The Kier molecular flexibility index (Phi) is 6.70. The zero-order valence-corrected chi connectivity index (χ0v) is 18.9. The molecule has 1 aliphatic rings. The quantitative estimate of drug-likeness (QED) is 0.408. The van der Waals surface area contributed by atoms with Gasteiger partial charge in [0.05, 0.1) is 0 Å². The monoisotopic (exact) mass is 378 g/mol. The van der Waals surface area contributed by atoms with Crippen molar-refractivity contribution in [2.75, 3.05) is 0 Å². The van der Waals surface area contributed by atoms with Gasteiger partial charge in [-0.05, 0) is 43.5 Å². The molecule has 0 saturated heterocycles. The zero-order chi connectivity index (χ0) is 19.5. The highest BCUT2D eigenvalue weighted by molar-refractivity contribution is 6.74. The molecule has 0 aromatic heterocycles. The Balaban J connectivity index is 2.31. The van der Waals surface area contributed by atoms with E-state index in [1.165, 1.54) is 19.3 Å². The molecule has 3 nitrogen and oxygen atoms in total. The molecule has 1 unspecified atom stereocenters. The van der Waals surface area contributed by atoms with Crippen molar-refractivity contribution in [2.24, 2.45) is 0 Å². The predicted molar refractivity (Wildman–Crippen MR) is 112 cm³/mol. The fourth-order valence-corrected chi connectivity index (χ4v) is 4.29. The van der Waals surface area contributed by atoms with E-state index in [9.17, 15) is 5.11 Å². The van der Waals surface area contributed by atoms with Gasteiger partial charge in [0, 0.05) is 17.5 Å². The van der Waals surface area contributed by atoms with Crippen molar-refractivity contribution in [3.05, 3.63) is 17.2 Å². The summed E-state index contributed by atoms with van der Waals surface area (Å²) in [6.07, 6.45) is 7.56. The molecule has 1 N–H and O–H groups in total. The Morgan fingerprint density at radius 1 is 1.19 bits per heavy atom. The van der Waals surface area contributed by atoms with Crippen molar-refractivity contribution in [1.82, 2.24) is 0 Å². The molecule has 1 aromatic carbocycles. The van der Waals surface area contributed by atoms with Gasteiger partial charge in [0.25, 0.3) is 0 Å². The van der Waals surface area contributed by atoms with E-state index in [-0.39, 0.29) is 11.1 Å². The molecule has 0 aliphatic carbocycles. The topological polar surface area (TPSA) is 38.7 Å². The third-order valence-electron chi connectivity index (χ3n) is 5.93. The fraction of sp³-hybridized carbons (Fsp3) is 0.727. The number of hydrogen-bond acceptors (Lipinski definition) is 3. The Labute approximate surface area is 161 Å². The average Bonchev–Trinajstić information content (AvgIpc) is 2.93. The Bertz CT molecular complexity index is 617. The maximum atomic E-state index is 10.9. The van der Waals surface area contributed by atoms with Crippen molar-refractivity contribution in [3.63, 3.8) is 0 Å². The molecule has 1 aromatic rings. The lowest BCUT2D eigenvalue weighted by atomic mass is 10.0. The summed E-state index contributed by atoms with van der Waals surface area (Å²) in [6.45, 7) is 15.6. The fourth-order valence-electron chi connectivity index (χ4n) is 3.25. The van der Waals surface area contributed by atoms with Crippen molar-refractivity contribution in [2.45, 2.75) is 104 Å². The Morgan fingerprint density at radius 3 is 2.46 bits per heavy atom. The van der Waals surface area contributed by atoms with Gasteiger partial charge in [-0.1, -0.05) is 53.9 Å². The van der Waals surface area contributed by atoms with Crippen molar-refractivity contribution >= 4 is 8.32 Å². The van der Waals surface area contributed by atoms with Gasteiger partial charge in [0.1, 0.15) is 11.9 Å². The van der Waals surface area contributed by atoms with Crippen LogP contribution in [-0.4, -0.2) is 19.5 Å². The number of phenolic OH excluding ortho intramolecular Hbond substituents is 1. The molecule has 2 rings (SSSR count). The zero-order valence-electron chi connectivity index (χ0n) is 17.9. The van der Waals surface area contributed by atoms with E-state index in [1.54, 1.807) is 0 Å². The minimum atomic E-state index is -1.96. The van der Waals surface area contributed by atoms with E-state index in [4.69, 9.17) is 9.16 Å². The predicted octanol–water partition coefficient (Wildman–Crippen LogP) is 6.61. The minimum Gasteiger partial charge on any atom is -0.543 e. The number of hydrogen-bond donors (Lipinski definition) is 1. The van der Waals surface area contributed by atoms with Gasteiger partial charge in [-0.3, -0.25) is 0 Å². The summed E-state index contributed by atoms with van der Waals surface area (Å²) < 4.78 is 12.7. The highest BCUT2D eigenvalue weighted by Gasteiger charge is 2.40. The van der Waals surface area contributed by atoms with Crippen LogP contribution in [0.3, 0.4) is 0 Å². The van der Waals surface area contributed by atoms with E-state index in [1.807, 2.05) is 0 Å². The lowest BCUT2D eigenvalue weighted by Gasteiger charge is -2.37. The minimum absolute atomic E-state index is 0.129. The van der Waals surface area contributed by atoms with Crippen molar-refractivity contribution in [1.29, 1.82) is 0 Å². The van der Waals surface area contributed by atoms with Crippen LogP contribution in [-0.2, 0) is 12.8 Å². The standard InChI is InChI=1S/C22H38O3Si/c1-8-10-11-13-17-14-16-15-19(25-26(6,7)22(3,4)5)18(12-9-2)20(23)21(16)24-17/h15,17,23H,8-14H2,1-7H3. The molecular weight excluding hydrogens is 340 g/mol. The first-order valence-electron chi connectivity index (χ1n) is 10.3. The molecule has 0 fully saturated rings. The third kappa shape index (κ3) is 4.57. The molecule has 1 aliphatic heterocycles. The molecule has 0 saturated carbocycles. The molecule has 0 radical (unpaired) electrons. The molecule has 0 bridgehead atoms. The van der Waals surface area contributed by atoms with Crippen molar-refractivity contribution in [3.8, 4) is 17.2 Å². The van der Waals surface area contributed by atoms with Gasteiger partial charge in [-0.25, -0.2) is 0 Å². The highest BCUT2D eigenvalue weighted by Crippen LogP contribution is 2.47. The maximum Gasteiger partial charge on any atom is 0.250 e. The van der Waals surface area contributed by atoms with Crippen LogP contribution in [0.2, 0.25) is 18.1 Å². The van der Waals surface area contributed by atoms with Crippen LogP contribution in [0.4, 0.5) is 0 Å². The summed E-state index contributed by atoms with van der Waals surface area (Å²) in [4.78, 5) is 0. The third-order valence-corrected chi connectivity index (χ3v) is 10.3. The molecule has 0 amide bonds. The summed E-state index contributed by atoms with van der Waals surface area (Å²) >= 11 is 0. The SMILES string of the molecule is CCCCCC1Cc2cc(O[Si](C)(C)C(C)(C)C)c(CCC)c(O)c2O1. The summed E-state index contributed by atoms with van der Waals surface area (Å²) in [5.74, 6) is 1.90. The van der Waals surface area contributed by atoms with Gasteiger partial charge < -0.3 is 14.3 Å². The van der Waals surface area contributed by atoms with E-state index >= 15 is 0 Å². The van der Waals surface area contributed by atoms with E-state index in [0.29, 0.717) is 11.5 Å². The summed E-state index contributed by atoms with van der Waals surface area (Å²) in [5.41, 5.74) is 2.03. The van der Waals surface area contributed by atoms with Crippen LogP contribution in [0.1, 0.15) is 77.8 Å². The van der Waals surface area contributed by atoms with Crippen LogP contribution in [0.5, 0.6) is 17.2 Å². The second kappa shape index (κ2) is 8.24. The summed E-state index contributed by atoms with van der Waals surface area (Å²) in [7, 11) is -1.96. The van der Waals surface area contributed by atoms with Gasteiger partial charge in [-0.15, -0.1) is 0 Å². The van der Waals surface area contributed by atoms with E-state index < -0.39 is 8.32 Å². The average molecular weight is 379 g/mol. The van der Waals surface area contributed by atoms with Crippen LogP contribution in [0.15, 0.2) is 6.07 Å². The van der Waals surface area contributed by atoms with Crippen LogP contribution < -0.4 is 9.16 Å². The molecular formula is C22H38O3Si. The molecule has 1 atom stereocenters. The smallest absolute Gasteiger partial charge is 0.250 e. The first-order chi connectivity index (χ1) is 12.1. The number of fused-ring (bicyclic) bond motifs is 1. The number of phenols is 1. The van der Waals surface area contributed by atoms with Crippen LogP contribution in [0.25, 0.3) is 0 Å². The number of aromatic hydroxyl groups is 1. The van der Waals surface area contributed by atoms with Crippen molar-refractivity contribution < 1.29 is 14.3 Å². The molecule has 0 spiro atoms. The molecule has 26 heavy (non-hydrogen) atoms. The summed E-state index contributed by atoms with van der Waals surface area (Å²) in [6, 6.07) is 2.15. The van der Waals surface area contributed by atoms with Gasteiger partial charge >= 0.3 is 0 Å². The Morgan fingerprint density at radius 2 is 1.88 bits per heavy atom. The second-order valence-corrected chi connectivity index (χ2v) is 14.0. The lowest BCUT2D eigenvalue weighted by molar-refractivity contribution is 0.209. The summed E-state index contributed by atoms with van der Waals surface area (Å²) in [5, 5.41) is 11.1.